The average Bonchev–Trinajstić information content (AvgIpc) is 3.23. The molecular formula is C21H28F3N3O3S2. The molecule has 2 heterocycles. The van der Waals surface area contributed by atoms with E-state index in [2.05, 4.69) is 4.98 Å². The molecule has 178 valence electrons. The zero-order valence-corrected chi connectivity index (χ0v) is 20.0. The number of aromatic nitrogens is 2. The van der Waals surface area contributed by atoms with Gasteiger partial charge in [-0.2, -0.15) is 13.2 Å². The first-order valence-corrected chi connectivity index (χ1v) is 13.4. The minimum Gasteiger partial charge on any atom is -0.338 e. The Balaban J connectivity index is 1.83. The van der Waals surface area contributed by atoms with Crippen molar-refractivity contribution in [3.63, 3.8) is 0 Å². The minimum atomic E-state index is -4.45. The van der Waals surface area contributed by atoms with Gasteiger partial charge in [-0.05, 0) is 37.0 Å². The number of fused-ring (bicyclic) bond motifs is 1. The summed E-state index contributed by atoms with van der Waals surface area (Å²) >= 11 is 1.18. The number of aryl methyl sites for hydroxylation is 1. The van der Waals surface area contributed by atoms with Gasteiger partial charge in [0.25, 0.3) is 0 Å². The molecule has 1 aromatic carbocycles. The van der Waals surface area contributed by atoms with E-state index in [0.717, 1.165) is 12.1 Å². The van der Waals surface area contributed by atoms with E-state index in [1.54, 1.807) is 9.47 Å². The number of sulfone groups is 1. The van der Waals surface area contributed by atoms with Crippen LogP contribution in [0.5, 0.6) is 0 Å². The molecule has 0 N–H and O–H groups in total. The van der Waals surface area contributed by atoms with Crippen LogP contribution >= 0.6 is 11.8 Å². The summed E-state index contributed by atoms with van der Waals surface area (Å²) in [5.74, 6) is 0.0998. The first-order valence-electron chi connectivity index (χ1n) is 10.6. The summed E-state index contributed by atoms with van der Waals surface area (Å²) in [5.41, 5.74) is 0.0975. The number of alkyl halides is 3. The molecule has 2 aromatic rings. The molecule has 0 aliphatic carbocycles. The number of thioether (sulfide) groups is 1. The molecule has 1 unspecified atom stereocenters. The van der Waals surface area contributed by atoms with Crippen molar-refractivity contribution in [2.24, 2.45) is 5.92 Å². The Labute approximate surface area is 190 Å². The van der Waals surface area contributed by atoms with E-state index in [1.165, 1.54) is 17.8 Å². The van der Waals surface area contributed by atoms with Crippen molar-refractivity contribution in [1.82, 2.24) is 14.5 Å². The number of imidazole rings is 1. The number of benzene rings is 1. The fourth-order valence-electron chi connectivity index (χ4n) is 3.91. The maximum atomic E-state index is 13.2. The molecule has 1 aromatic heterocycles. The summed E-state index contributed by atoms with van der Waals surface area (Å²) in [6.45, 7) is 6.79. The summed E-state index contributed by atoms with van der Waals surface area (Å²) in [6.07, 6.45) is -3.32. The van der Waals surface area contributed by atoms with E-state index in [1.807, 2.05) is 20.8 Å². The van der Waals surface area contributed by atoms with Crippen molar-refractivity contribution in [1.29, 1.82) is 0 Å². The Hall–Kier alpha value is -1.75. The molecule has 32 heavy (non-hydrogen) atoms. The van der Waals surface area contributed by atoms with Gasteiger partial charge in [0, 0.05) is 19.1 Å². The van der Waals surface area contributed by atoms with Gasteiger partial charge in [-0.3, -0.25) is 4.79 Å². The van der Waals surface area contributed by atoms with Gasteiger partial charge in [0.1, 0.15) is 0 Å². The van der Waals surface area contributed by atoms with Gasteiger partial charge in [-0.25, -0.2) is 13.4 Å². The summed E-state index contributed by atoms with van der Waals surface area (Å²) in [5, 5.41) is 0.484. The Morgan fingerprint density at radius 3 is 2.62 bits per heavy atom. The number of hydrogen-bond donors (Lipinski definition) is 0. The van der Waals surface area contributed by atoms with Crippen LogP contribution < -0.4 is 0 Å². The van der Waals surface area contributed by atoms with Gasteiger partial charge in [0.2, 0.25) is 5.91 Å². The SMILES string of the molecule is CCCn1c(SCC(=O)N(CC(C)C)C2CCS(=O)(=O)C2)nc2ccc(C(F)(F)F)cc21. The van der Waals surface area contributed by atoms with Crippen molar-refractivity contribution in [2.75, 3.05) is 23.8 Å². The smallest absolute Gasteiger partial charge is 0.338 e. The van der Waals surface area contributed by atoms with E-state index in [-0.39, 0.29) is 35.1 Å². The summed E-state index contributed by atoms with van der Waals surface area (Å²) in [6, 6.07) is 3.12. The lowest BCUT2D eigenvalue weighted by atomic mass is 10.1. The van der Waals surface area contributed by atoms with Crippen molar-refractivity contribution < 1.29 is 26.4 Å². The molecule has 1 atom stereocenters. The predicted octanol–water partition coefficient (Wildman–Crippen LogP) is 4.23. The van der Waals surface area contributed by atoms with Gasteiger partial charge in [-0.15, -0.1) is 0 Å². The second kappa shape index (κ2) is 9.62. The topological polar surface area (TPSA) is 72.3 Å². The standard InChI is InChI=1S/C21H28F3N3O3S2/c1-4-8-26-18-10-15(21(22,23)24)5-6-17(18)25-20(26)31-12-19(28)27(11-14(2)3)16-7-9-32(29,30)13-16/h5-6,10,14,16H,4,7-9,11-13H2,1-3H3. The van der Waals surface area contributed by atoms with Crippen LogP contribution in [0, 0.1) is 5.92 Å². The number of carbonyl (C=O) groups is 1. The van der Waals surface area contributed by atoms with Gasteiger partial charge in [0.05, 0.1) is 33.9 Å². The first kappa shape index (κ1) is 24.9. The fraction of sp³-hybridized carbons (Fsp3) is 0.619. The van der Waals surface area contributed by atoms with E-state index < -0.39 is 21.6 Å². The highest BCUT2D eigenvalue weighted by atomic mass is 32.2. The van der Waals surface area contributed by atoms with Crippen LogP contribution in [0.15, 0.2) is 23.4 Å². The molecule has 0 spiro atoms. The second-order valence-corrected chi connectivity index (χ2v) is 11.7. The zero-order valence-electron chi connectivity index (χ0n) is 18.4. The van der Waals surface area contributed by atoms with Crippen molar-refractivity contribution in [3.05, 3.63) is 23.8 Å². The highest BCUT2D eigenvalue weighted by Crippen LogP contribution is 2.33. The lowest BCUT2D eigenvalue weighted by Crippen LogP contribution is -2.44. The Bertz CT molecular complexity index is 1080. The largest absolute Gasteiger partial charge is 0.416 e. The quantitative estimate of drug-likeness (QED) is 0.517. The minimum absolute atomic E-state index is 0.0231. The molecule has 11 heteroatoms. The van der Waals surface area contributed by atoms with E-state index in [4.69, 9.17) is 0 Å². The highest BCUT2D eigenvalue weighted by Gasteiger charge is 2.35. The van der Waals surface area contributed by atoms with Crippen LogP contribution in [0.1, 0.15) is 39.2 Å². The lowest BCUT2D eigenvalue weighted by molar-refractivity contribution is -0.137. The molecule has 0 bridgehead atoms. The predicted molar refractivity (Wildman–Crippen MR) is 119 cm³/mol. The third-order valence-corrected chi connectivity index (χ3v) is 8.06. The summed E-state index contributed by atoms with van der Waals surface area (Å²) in [7, 11) is -3.13. The van der Waals surface area contributed by atoms with E-state index in [9.17, 15) is 26.4 Å². The van der Waals surface area contributed by atoms with Crippen molar-refractivity contribution in [2.45, 2.75) is 57.5 Å². The molecule has 1 aliphatic rings. The van der Waals surface area contributed by atoms with Gasteiger partial charge in [-0.1, -0.05) is 32.5 Å². The number of nitrogens with zero attached hydrogens (tertiary/aromatic N) is 3. The molecular weight excluding hydrogens is 463 g/mol. The highest BCUT2D eigenvalue weighted by molar-refractivity contribution is 7.99. The number of halogens is 3. The molecule has 1 saturated heterocycles. The molecule has 0 radical (unpaired) electrons. The van der Waals surface area contributed by atoms with E-state index >= 15 is 0 Å². The fourth-order valence-corrected chi connectivity index (χ4v) is 6.56. The third kappa shape index (κ3) is 5.78. The number of rotatable bonds is 8. The number of amides is 1. The molecule has 0 saturated carbocycles. The summed E-state index contributed by atoms with van der Waals surface area (Å²) in [4.78, 5) is 19.2. The number of hydrogen-bond acceptors (Lipinski definition) is 5. The van der Waals surface area contributed by atoms with Gasteiger partial charge in [0.15, 0.2) is 15.0 Å². The Kier molecular flexibility index (Phi) is 7.48. The maximum absolute atomic E-state index is 13.2. The molecule has 1 fully saturated rings. The molecule has 3 rings (SSSR count). The number of carbonyl (C=O) groups excluding carboxylic acids is 1. The van der Waals surface area contributed by atoms with Crippen molar-refractivity contribution >= 4 is 38.5 Å². The Morgan fingerprint density at radius 1 is 1.34 bits per heavy atom. The maximum Gasteiger partial charge on any atom is 0.416 e. The van der Waals surface area contributed by atoms with Crippen LogP contribution in [0.3, 0.4) is 0 Å². The second-order valence-electron chi connectivity index (χ2n) is 8.53. The first-order chi connectivity index (χ1) is 14.9. The van der Waals surface area contributed by atoms with Crippen LogP contribution in [-0.2, 0) is 27.4 Å². The lowest BCUT2D eigenvalue weighted by Gasteiger charge is -2.30. The molecule has 1 amide bonds. The normalized spacial score (nSPS) is 18.5. The van der Waals surface area contributed by atoms with Crippen LogP contribution in [0.4, 0.5) is 13.2 Å². The van der Waals surface area contributed by atoms with Gasteiger partial charge < -0.3 is 9.47 Å². The van der Waals surface area contributed by atoms with Crippen LogP contribution in [-0.4, -0.2) is 58.6 Å². The van der Waals surface area contributed by atoms with Gasteiger partial charge >= 0.3 is 6.18 Å². The third-order valence-electron chi connectivity index (χ3n) is 5.34. The monoisotopic (exact) mass is 491 g/mol. The zero-order chi connectivity index (χ0) is 23.7. The molecule has 6 nitrogen and oxygen atoms in total. The average molecular weight is 492 g/mol. The van der Waals surface area contributed by atoms with E-state index in [0.29, 0.717) is 42.1 Å². The molecule has 1 aliphatic heterocycles. The summed E-state index contributed by atoms with van der Waals surface area (Å²) < 4.78 is 65.0. The van der Waals surface area contributed by atoms with Crippen LogP contribution in [0.25, 0.3) is 11.0 Å². The van der Waals surface area contributed by atoms with Crippen molar-refractivity contribution in [3.8, 4) is 0 Å². The Morgan fingerprint density at radius 2 is 2.06 bits per heavy atom. The van der Waals surface area contributed by atoms with Crippen LogP contribution in [0.2, 0.25) is 0 Å².